The first-order valence-electron chi connectivity index (χ1n) is 5.61. The van der Waals surface area contributed by atoms with Crippen molar-refractivity contribution >= 4 is 27.6 Å². The molecular weight excluding hydrogens is 286 g/mol. The minimum atomic E-state index is -3.27. The molecule has 0 bridgehead atoms. The van der Waals surface area contributed by atoms with Gasteiger partial charge in [0.25, 0.3) is 0 Å². The molecule has 0 aliphatic heterocycles. The lowest BCUT2D eigenvalue weighted by Crippen LogP contribution is -2.13. The third kappa shape index (κ3) is 4.52. The summed E-state index contributed by atoms with van der Waals surface area (Å²) >= 11 is 1.33. The van der Waals surface area contributed by atoms with Crippen LogP contribution in [0.1, 0.15) is 24.4 Å². The van der Waals surface area contributed by atoms with E-state index in [1.807, 2.05) is 0 Å². The van der Waals surface area contributed by atoms with Gasteiger partial charge >= 0.3 is 5.97 Å². The Balaban J connectivity index is 3.03. The molecular formula is C12H17NO4S2. The molecule has 0 spiro atoms. The Hall–Kier alpha value is -1.05. The van der Waals surface area contributed by atoms with Gasteiger partial charge in [-0.1, -0.05) is 6.07 Å². The first kappa shape index (κ1) is 16.0. The van der Waals surface area contributed by atoms with Gasteiger partial charge in [0.05, 0.1) is 4.90 Å². The lowest BCUT2D eigenvalue weighted by molar-refractivity contribution is -0.137. The van der Waals surface area contributed by atoms with E-state index >= 15 is 0 Å². The maximum absolute atomic E-state index is 11.6. The zero-order chi connectivity index (χ0) is 14.6. The van der Waals surface area contributed by atoms with E-state index in [-0.39, 0.29) is 11.3 Å². The normalized spacial score (nSPS) is 13.2. The SMILES string of the molecule is CSc1cc(C(N)CCC(=O)O)ccc1S(C)(=O)=O. The number of carbonyl (C=O) groups is 1. The number of carboxylic acids is 1. The zero-order valence-corrected chi connectivity index (χ0v) is 12.4. The molecule has 0 heterocycles. The number of thioether (sulfide) groups is 1. The van der Waals surface area contributed by atoms with Crippen molar-refractivity contribution in [2.75, 3.05) is 12.5 Å². The van der Waals surface area contributed by atoms with Crippen molar-refractivity contribution in [2.24, 2.45) is 5.73 Å². The fourth-order valence-electron chi connectivity index (χ4n) is 1.67. The predicted molar refractivity (Wildman–Crippen MR) is 75.1 cm³/mol. The van der Waals surface area contributed by atoms with Gasteiger partial charge < -0.3 is 10.8 Å². The molecule has 0 aliphatic rings. The molecule has 19 heavy (non-hydrogen) atoms. The fraction of sp³-hybridized carbons (Fsp3) is 0.417. The van der Waals surface area contributed by atoms with E-state index in [4.69, 9.17) is 10.8 Å². The number of aliphatic carboxylic acids is 1. The minimum absolute atomic E-state index is 0.0103. The summed E-state index contributed by atoms with van der Waals surface area (Å²) < 4.78 is 23.2. The summed E-state index contributed by atoms with van der Waals surface area (Å²) in [5.74, 6) is -0.895. The molecule has 1 aromatic carbocycles. The van der Waals surface area contributed by atoms with Crippen LogP contribution in [0.2, 0.25) is 0 Å². The second-order valence-electron chi connectivity index (χ2n) is 4.22. The molecule has 3 N–H and O–H groups in total. The van der Waals surface area contributed by atoms with E-state index in [1.54, 1.807) is 18.4 Å². The van der Waals surface area contributed by atoms with Crippen LogP contribution in [0.4, 0.5) is 0 Å². The molecule has 0 saturated heterocycles. The number of sulfone groups is 1. The second kappa shape index (κ2) is 6.40. The smallest absolute Gasteiger partial charge is 0.303 e. The average Bonchev–Trinajstić information content (AvgIpc) is 2.33. The number of hydrogen-bond donors (Lipinski definition) is 2. The molecule has 0 saturated carbocycles. The van der Waals surface area contributed by atoms with Gasteiger partial charge in [-0.25, -0.2) is 8.42 Å². The summed E-state index contributed by atoms with van der Waals surface area (Å²) in [5.41, 5.74) is 6.65. The fourth-order valence-corrected chi connectivity index (χ4v) is 3.63. The van der Waals surface area contributed by atoms with E-state index in [9.17, 15) is 13.2 Å². The van der Waals surface area contributed by atoms with Gasteiger partial charge in [-0.15, -0.1) is 11.8 Å². The van der Waals surface area contributed by atoms with Crippen LogP contribution in [-0.4, -0.2) is 32.0 Å². The molecule has 1 unspecified atom stereocenters. The van der Waals surface area contributed by atoms with Crippen LogP contribution in [0.3, 0.4) is 0 Å². The highest BCUT2D eigenvalue weighted by Gasteiger charge is 2.16. The predicted octanol–water partition coefficient (Wildman–Crippen LogP) is 1.68. The molecule has 0 fully saturated rings. The molecule has 5 nitrogen and oxygen atoms in total. The Morgan fingerprint density at radius 2 is 2.11 bits per heavy atom. The molecule has 106 valence electrons. The lowest BCUT2D eigenvalue weighted by atomic mass is 10.0. The number of carboxylic acid groups (broad SMARTS) is 1. The summed E-state index contributed by atoms with van der Waals surface area (Å²) in [7, 11) is -3.27. The van der Waals surface area contributed by atoms with E-state index in [0.717, 1.165) is 11.8 Å². The number of nitrogens with two attached hydrogens (primary N) is 1. The van der Waals surface area contributed by atoms with E-state index in [0.29, 0.717) is 11.3 Å². The molecule has 0 aliphatic carbocycles. The topological polar surface area (TPSA) is 97.5 Å². The van der Waals surface area contributed by atoms with E-state index in [2.05, 4.69) is 0 Å². The third-order valence-corrected chi connectivity index (χ3v) is 4.75. The highest BCUT2D eigenvalue weighted by Crippen LogP contribution is 2.28. The van der Waals surface area contributed by atoms with Crippen LogP contribution in [0.25, 0.3) is 0 Å². The molecule has 0 aromatic heterocycles. The second-order valence-corrected chi connectivity index (χ2v) is 7.05. The van der Waals surface area contributed by atoms with Crippen LogP contribution < -0.4 is 5.73 Å². The Morgan fingerprint density at radius 1 is 1.47 bits per heavy atom. The van der Waals surface area contributed by atoms with Crippen LogP contribution in [0.15, 0.2) is 28.0 Å². The van der Waals surface area contributed by atoms with Crippen LogP contribution in [0, 0.1) is 0 Å². The third-order valence-electron chi connectivity index (χ3n) is 2.68. The Bertz CT molecular complexity index is 569. The standard InChI is InChI=1S/C12H17NO4S2/c1-18-10-7-8(9(13)4-6-12(14)15)3-5-11(10)19(2,16)17/h3,5,7,9H,4,6,13H2,1-2H3,(H,14,15). The molecule has 1 atom stereocenters. The van der Waals surface area contributed by atoms with Gasteiger partial charge in [-0.3, -0.25) is 4.79 Å². The molecule has 0 radical (unpaired) electrons. The van der Waals surface area contributed by atoms with Gasteiger partial charge in [-0.05, 0) is 30.4 Å². The van der Waals surface area contributed by atoms with Crippen LogP contribution in [-0.2, 0) is 14.6 Å². The highest BCUT2D eigenvalue weighted by atomic mass is 32.2. The number of hydrogen-bond acceptors (Lipinski definition) is 5. The lowest BCUT2D eigenvalue weighted by Gasteiger charge is -2.13. The van der Waals surface area contributed by atoms with E-state index in [1.165, 1.54) is 17.8 Å². The molecule has 1 aromatic rings. The Kier molecular flexibility index (Phi) is 5.39. The van der Waals surface area contributed by atoms with Gasteiger partial charge in [0.2, 0.25) is 0 Å². The average molecular weight is 303 g/mol. The minimum Gasteiger partial charge on any atom is -0.481 e. The van der Waals surface area contributed by atoms with Crippen molar-refractivity contribution in [3.8, 4) is 0 Å². The van der Waals surface area contributed by atoms with Crippen LogP contribution in [0.5, 0.6) is 0 Å². The van der Waals surface area contributed by atoms with Gasteiger partial charge in [0.15, 0.2) is 9.84 Å². The van der Waals surface area contributed by atoms with Crippen molar-refractivity contribution in [1.29, 1.82) is 0 Å². The quantitative estimate of drug-likeness (QED) is 0.776. The largest absolute Gasteiger partial charge is 0.481 e. The Morgan fingerprint density at radius 3 is 2.58 bits per heavy atom. The first-order chi connectivity index (χ1) is 8.75. The van der Waals surface area contributed by atoms with Crippen molar-refractivity contribution in [3.05, 3.63) is 23.8 Å². The summed E-state index contributed by atoms with van der Waals surface area (Å²) in [5, 5.41) is 8.62. The number of benzene rings is 1. The molecule has 1 rings (SSSR count). The van der Waals surface area contributed by atoms with Crippen molar-refractivity contribution < 1.29 is 18.3 Å². The summed E-state index contributed by atoms with van der Waals surface area (Å²) in [6.07, 6.45) is 3.26. The Labute approximate surface area is 117 Å². The summed E-state index contributed by atoms with van der Waals surface area (Å²) in [4.78, 5) is 11.4. The maximum Gasteiger partial charge on any atom is 0.303 e. The van der Waals surface area contributed by atoms with Crippen molar-refractivity contribution in [3.63, 3.8) is 0 Å². The van der Waals surface area contributed by atoms with E-state index < -0.39 is 21.8 Å². The van der Waals surface area contributed by atoms with Gasteiger partial charge in [0.1, 0.15) is 0 Å². The summed E-state index contributed by atoms with van der Waals surface area (Å²) in [6.45, 7) is 0. The monoisotopic (exact) mass is 303 g/mol. The molecule has 7 heteroatoms. The van der Waals surface area contributed by atoms with Crippen LogP contribution >= 0.6 is 11.8 Å². The maximum atomic E-state index is 11.6. The van der Waals surface area contributed by atoms with Crippen molar-refractivity contribution in [2.45, 2.75) is 28.7 Å². The first-order valence-corrected chi connectivity index (χ1v) is 8.72. The van der Waals surface area contributed by atoms with Gasteiger partial charge in [-0.2, -0.15) is 0 Å². The highest BCUT2D eigenvalue weighted by molar-refractivity contribution is 7.99. The summed E-state index contributed by atoms with van der Waals surface area (Å²) in [6, 6.07) is 4.48. The van der Waals surface area contributed by atoms with Gasteiger partial charge in [0, 0.05) is 23.6 Å². The zero-order valence-electron chi connectivity index (χ0n) is 10.8. The number of rotatable bonds is 6. The molecule has 0 amide bonds. The van der Waals surface area contributed by atoms with Crippen molar-refractivity contribution in [1.82, 2.24) is 0 Å².